The average Bonchev–Trinajstić information content (AvgIpc) is 2.94. The number of thiophene rings is 1. The predicted molar refractivity (Wildman–Crippen MR) is 93.0 cm³/mol. The maximum atomic E-state index is 12.6. The van der Waals surface area contributed by atoms with Gasteiger partial charge in [0.1, 0.15) is 16.1 Å². The quantitative estimate of drug-likeness (QED) is 0.831. The minimum Gasteiger partial charge on any atom is -0.474 e. The molecule has 0 aromatic carbocycles. The summed E-state index contributed by atoms with van der Waals surface area (Å²) in [5.74, 6) is 1.24. The smallest absolute Gasteiger partial charge is 0.252 e. The van der Waals surface area contributed by atoms with Gasteiger partial charge >= 0.3 is 0 Å². The van der Waals surface area contributed by atoms with Gasteiger partial charge in [0.05, 0.1) is 0 Å². The standard InChI is InChI=1S/C16H21N3O3S2/c1-11-10-15(18-13(3)17-11)22-14-6-8-19(9-7-14)24(20,21)16-5-4-12(2)23-16/h4-5,10,14H,6-9H2,1-3H3. The molecule has 1 fully saturated rings. The third kappa shape index (κ3) is 3.76. The van der Waals surface area contributed by atoms with E-state index in [0.717, 1.165) is 10.6 Å². The first kappa shape index (κ1) is 17.3. The summed E-state index contributed by atoms with van der Waals surface area (Å²) in [5.41, 5.74) is 0.866. The van der Waals surface area contributed by atoms with Crippen molar-refractivity contribution in [1.29, 1.82) is 0 Å². The Bertz CT molecular complexity index is 805. The number of rotatable bonds is 4. The van der Waals surface area contributed by atoms with Crippen molar-refractivity contribution < 1.29 is 13.2 Å². The Morgan fingerprint density at radius 2 is 1.88 bits per heavy atom. The van der Waals surface area contributed by atoms with Gasteiger partial charge in [0, 0.05) is 29.7 Å². The Morgan fingerprint density at radius 1 is 1.17 bits per heavy atom. The molecule has 3 rings (SSSR count). The summed E-state index contributed by atoms with van der Waals surface area (Å²) < 4.78 is 33.1. The molecular weight excluding hydrogens is 346 g/mol. The van der Waals surface area contributed by atoms with Crippen LogP contribution in [0.3, 0.4) is 0 Å². The van der Waals surface area contributed by atoms with E-state index in [1.54, 1.807) is 10.4 Å². The van der Waals surface area contributed by atoms with E-state index in [-0.39, 0.29) is 6.10 Å². The predicted octanol–water partition coefficient (Wildman–Crippen LogP) is 2.70. The fourth-order valence-electron chi connectivity index (χ4n) is 2.78. The summed E-state index contributed by atoms with van der Waals surface area (Å²) in [7, 11) is -3.38. The minimum atomic E-state index is -3.38. The highest BCUT2D eigenvalue weighted by molar-refractivity contribution is 7.91. The van der Waals surface area contributed by atoms with E-state index in [0.29, 0.717) is 41.8 Å². The number of sulfonamides is 1. The molecule has 6 nitrogen and oxygen atoms in total. The van der Waals surface area contributed by atoms with Crippen LogP contribution in [0, 0.1) is 20.8 Å². The van der Waals surface area contributed by atoms with Crippen LogP contribution in [-0.4, -0.2) is 41.9 Å². The summed E-state index contributed by atoms with van der Waals surface area (Å²) in [5, 5.41) is 0. The monoisotopic (exact) mass is 367 g/mol. The molecule has 0 bridgehead atoms. The lowest BCUT2D eigenvalue weighted by molar-refractivity contribution is 0.129. The fourth-order valence-corrected chi connectivity index (χ4v) is 5.69. The molecule has 2 aromatic rings. The van der Waals surface area contributed by atoms with Gasteiger partial charge in [-0.3, -0.25) is 0 Å². The zero-order valence-corrected chi connectivity index (χ0v) is 15.7. The van der Waals surface area contributed by atoms with Crippen LogP contribution in [0.1, 0.15) is 29.2 Å². The molecule has 0 amide bonds. The number of hydrogen-bond acceptors (Lipinski definition) is 6. The lowest BCUT2D eigenvalue weighted by Gasteiger charge is -2.30. The number of nitrogens with zero attached hydrogens (tertiary/aromatic N) is 3. The second kappa shape index (κ2) is 6.78. The molecular formula is C16H21N3O3S2. The Kier molecular flexibility index (Phi) is 4.89. The van der Waals surface area contributed by atoms with Crippen LogP contribution in [-0.2, 0) is 10.0 Å². The highest BCUT2D eigenvalue weighted by Crippen LogP contribution is 2.27. The molecule has 3 heterocycles. The lowest BCUT2D eigenvalue weighted by atomic mass is 10.1. The maximum Gasteiger partial charge on any atom is 0.252 e. The van der Waals surface area contributed by atoms with Gasteiger partial charge in [0.15, 0.2) is 0 Å². The van der Waals surface area contributed by atoms with Crippen molar-refractivity contribution in [2.24, 2.45) is 0 Å². The molecule has 1 aliphatic heterocycles. The second-order valence-electron chi connectivity index (χ2n) is 5.98. The van der Waals surface area contributed by atoms with Gasteiger partial charge < -0.3 is 4.74 Å². The van der Waals surface area contributed by atoms with E-state index >= 15 is 0 Å². The van der Waals surface area contributed by atoms with E-state index in [2.05, 4.69) is 9.97 Å². The van der Waals surface area contributed by atoms with Gasteiger partial charge in [-0.25, -0.2) is 13.4 Å². The van der Waals surface area contributed by atoms with Gasteiger partial charge in [0.25, 0.3) is 10.0 Å². The molecule has 1 aliphatic rings. The number of piperidine rings is 1. The van der Waals surface area contributed by atoms with Crippen LogP contribution in [0.2, 0.25) is 0 Å². The third-order valence-corrected chi connectivity index (χ3v) is 7.31. The van der Waals surface area contributed by atoms with Gasteiger partial charge in [-0.2, -0.15) is 9.29 Å². The molecule has 24 heavy (non-hydrogen) atoms. The Balaban J connectivity index is 1.63. The van der Waals surface area contributed by atoms with Crippen LogP contribution in [0.25, 0.3) is 0 Å². The summed E-state index contributed by atoms with van der Waals surface area (Å²) >= 11 is 1.32. The normalized spacial score (nSPS) is 17.1. The van der Waals surface area contributed by atoms with Crippen LogP contribution in [0.15, 0.2) is 22.4 Å². The zero-order valence-electron chi connectivity index (χ0n) is 14.0. The van der Waals surface area contributed by atoms with Crippen LogP contribution >= 0.6 is 11.3 Å². The Morgan fingerprint density at radius 3 is 2.46 bits per heavy atom. The van der Waals surface area contributed by atoms with Gasteiger partial charge in [0.2, 0.25) is 5.88 Å². The highest BCUT2D eigenvalue weighted by Gasteiger charge is 2.31. The minimum absolute atomic E-state index is 0.0183. The lowest BCUT2D eigenvalue weighted by Crippen LogP contribution is -2.41. The summed E-state index contributed by atoms with van der Waals surface area (Å²) in [6.45, 7) is 6.58. The van der Waals surface area contributed by atoms with E-state index in [4.69, 9.17) is 4.74 Å². The van der Waals surface area contributed by atoms with Crippen molar-refractivity contribution in [3.63, 3.8) is 0 Å². The fraction of sp³-hybridized carbons (Fsp3) is 0.500. The van der Waals surface area contributed by atoms with Gasteiger partial charge in [-0.05, 0) is 45.7 Å². The van der Waals surface area contributed by atoms with E-state index < -0.39 is 10.0 Å². The molecule has 2 aromatic heterocycles. The number of aryl methyl sites for hydroxylation is 3. The summed E-state index contributed by atoms with van der Waals surface area (Å²) in [4.78, 5) is 9.51. The number of aromatic nitrogens is 2. The number of ether oxygens (including phenoxy) is 1. The van der Waals surface area contributed by atoms with E-state index in [9.17, 15) is 8.42 Å². The molecule has 0 N–H and O–H groups in total. The summed E-state index contributed by atoms with van der Waals surface area (Å²) in [6, 6.07) is 5.34. The van der Waals surface area contributed by atoms with Crippen molar-refractivity contribution in [2.45, 2.75) is 43.9 Å². The molecule has 0 atom stereocenters. The van der Waals surface area contributed by atoms with Gasteiger partial charge in [-0.1, -0.05) is 0 Å². The van der Waals surface area contributed by atoms with E-state index in [1.807, 2.05) is 32.9 Å². The van der Waals surface area contributed by atoms with Gasteiger partial charge in [-0.15, -0.1) is 11.3 Å². The first-order valence-corrected chi connectivity index (χ1v) is 10.2. The first-order valence-electron chi connectivity index (χ1n) is 7.90. The molecule has 130 valence electrons. The first-order chi connectivity index (χ1) is 11.3. The Labute approximate surface area is 146 Å². The molecule has 0 unspecified atom stereocenters. The maximum absolute atomic E-state index is 12.6. The topological polar surface area (TPSA) is 72.4 Å². The largest absolute Gasteiger partial charge is 0.474 e. The second-order valence-corrected chi connectivity index (χ2v) is 9.43. The SMILES string of the molecule is Cc1cc(OC2CCN(S(=O)(=O)c3ccc(C)s3)CC2)nc(C)n1. The van der Waals surface area contributed by atoms with Crippen molar-refractivity contribution in [3.05, 3.63) is 34.6 Å². The van der Waals surface area contributed by atoms with Crippen molar-refractivity contribution in [2.75, 3.05) is 13.1 Å². The zero-order chi connectivity index (χ0) is 17.3. The van der Waals surface area contributed by atoms with Crippen molar-refractivity contribution in [3.8, 4) is 5.88 Å². The Hall–Kier alpha value is -1.51. The third-order valence-electron chi connectivity index (χ3n) is 3.94. The molecule has 0 radical (unpaired) electrons. The molecule has 0 spiro atoms. The molecule has 0 aliphatic carbocycles. The number of hydrogen-bond donors (Lipinski definition) is 0. The van der Waals surface area contributed by atoms with Crippen LogP contribution < -0.4 is 4.74 Å². The van der Waals surface area contributed by atoms with E-state index in [1.165, 1.54) is 11.3 Å². The molecule has 1 saturated heterocycles. The van der Waals surface area contributed by atoms with Crippen molar-refractivity contribution in [1.82, 2.24) is 14.3 Å². The molecule has 8 heteroatoms. The van der Waals surface area contributed by atoms with Crippen molar-refractivity contribution >= 4 is 21.4 Å². The van der Waals surface area contributed by atoms with Crippen LogP contribution in [0.5, 0.6) is 5.88 Å². The summed E-state index contributed by atoms with van der Waals surface area (Å²) in [6.07, 6.45) is 1.30. The highest BCUT2D eigenvalue weighted by atomic mass is 32.2. The average molecular weight is 367 g/mol. The van der Waals surface area contributed by atoms with Crippen LogP contribution in [0.4, 0.5) is 0 Å². The molecule has 0 saturated carbocycles.